The minimum atomic E-state index is -1.42. The molecule has 0 aromatic heterocycles. The summed E-state index contributed by atoms with van der Waals surface area (Å²) in [5, 5.41) is 20.3. The molecular weight excluding hydrogens is 768 g/mol. The summed E-state index contributed by atoms with van der Waals surface area (Å²) < 4.78 is 16.2. The van der Waals surface area contributed by atoms with Gasteiger partial charge in [-0.05, 0) is 63.0 Å². The lowest BCUT2D eigenvalue weighted by atomic mass is 9.99. The number of benzene rings is 2. The van der Waals surface area contributed by atoms with E-state index < -0.39 is 88.3 Å². The van der Waals surface area contributed by atoms with Crippen LogP contribution >= 0.6 is 0 Å². The number of carbonyl (C=O) groups excluding carboxylic acids is 6. The van der Waals surface area contributed by atoms with Gasteiger partial charge in [0.15, 0.2) is 5.03 Å². The molecule has 0 aliphatic rings. The molecule has 0 unspecified atom stereocenters. The van der Waals surface area contributed by atoms with E-state index >= 15 is 0 Å². The number of hydrogen-bond donors (Lipinski definition) is 6. The number of hydrogen-bond acceptors (Lipinski definition) is 12. The molecule has 0 radical (unpaired) electrons. The minimum absolute atomic E-state index is 0.0296. The highest BCUT2D eigenvalue weighted by molar-refractivity contribution is 5.95. The van der Waals surface area contributed by atoms with Crippen molar-refractivity contribution in [2.75, 3.05) is 6.54 Å². The molecule has 324 valence electrons. The molecule has 2 rings (SSSR count). The lowest BCUT2D eigenvalue weighted by molar-refractivity contribution is -0.525. The van der Waals surface area contributed by atoms with Crippen molar-refractivity contribution in [3.05, 3.63) is 81.9 Å². The average molecular weight is 827 g/mol. The van der Waals surface area contributed by atoms with Crippen molar-refractivity contribution < 1.29 is 48.0 Å². The van der Waals surface area contributed by atoms with Gasteiger partial charge in [0.2, 0.25) is 17.7 Å². The number of carbonyl (C=O) groups is 6. The second kappa shape index (κ2) is 24.5. The number of rotatable bonds is 22. The minimum Gasteiger partial charge on any atom is -0.461 e. The molecule has 7 N–H and O–H groups in total. The predicted molar refractivity (Wildman–Crippen MR) is 216 cm³/mol. The van der Waals surface area contributed by atoms with Crippen LogP contribution in [-0.2, 0) is 51.4 Å². The summed E-state index contributed by atoms with van der Waals surface area (Å²) >= 11 is 0. The van der Waals surface area contributed by atoms with Gasteiger partial charge >= 0.3 is 18.0 Å². The molecule has 19 heteroatoms. The molecule has 2 aromatic carbocycles. The van der Waals surface area contributed by atoms with Gasteiger partial charge in [0.25, 0.3) is 5.96 Å². The Hall–Kier alpha value is -6.27. The highest BCUT2D eigenvalue weighted by atomic mass is 16.7. The van der Waals surface area contributed by atoms with Crippen LogP contribution in [0.1, 0.15) is 85.3 Å². The zero-order valence-corrected chi connectivity index (χ0v) is 34.6. The first-order valence-electron chi connectivity index (χ1n) is 19.3. The van der Waals surface area contributed by atoms with Crippen LogP contribution < -0.4 is 32.4 Å². The van der Waals surface area contributed by atoms with Gasteiger partial charge in [-0.25, -0.2) is 24.7 Å². The van der Waals surface area contributed by atoms with Crippen molar-refractivity contribution in [2.24, 2.45) is 22.6 Å². The fourth-order valence-corrected chi connectivity index (χ4v) is 5.32. The Bertz CT molecular complexity index is 1730. The fraction of sp³-hybridized carbons (Fsp3) is 0.525. The second-order valence-electron chi connectivity index (χ2n) is 15.3. The van der Waals surface area contributed by atoms with E-state index in [0.29, 0.717) is 5.56 Å². The monoisotopic (exact) mass is 826 g/mol. The van der Waals surface area contributed by atoms with Crippen LogP contribution in [0.2, 0.25) is 0 Å². The number of nitrogens with zero attached hydrogens (tertiary/aromatic N) is 2. The molecule has 0 saturated carbocycles. The Morgan fingerprint density at radius 2 is 1.24 bits per heavy atom. The topological polar surface area (TPSA) is 272 Å². The van der Waals surface area contributed by atoms with Crippen molar-refractivity contribution in [3.8, 4) is 0 Å². The van der Waals surface area contributed by atoms with Gasteiger partial charge in [-0.15, -0.1) is 0 Å². The van der Waals surface area contributed by atoms with Gasteiger partial charge < -0.3 is 41.2 Å². The number of nitrogens with two attached hydrogens (primary N) is 1. The standard InChI is InChI=1S/C40H58N8O11/c1-25(2)32(45-36(52)33(26(3)4)46-39(54)59-40(5,6)7)35(51)43-29(20-21-31(49)57-23-27-15-10-8-11-16-27)34(50)44-30(19-14-22-42-38(41)47-48(55)56)37(53)58-24-28-17-12-9-13-18-28/h8-13,15-18,25-26,29-30,32-33H,14,19-24H2,1-7H3,(H,43,51)(H,44,50)(H,45,52)(H,46,54)(H3,41,42,47)/t29-,30-,32-,33-/m0/s1. The van der Waals surface area contributed by atoms with Crippen LogP contribution in [0.5, 0.6) is 0 Å². The van der Waals surface area contributed by atoms with E-state index in [2.05, 4.69) is 26.3 Å². The first-order valence-corrected chi connectivity index (χ1v) is 19.3. The second-order valence-corrected chi connectivity index (χ2v) is 15.3. The molecular formula is C40H58N8O11. The van der Waals surface area contributed by atoms with Crippen molar-refractivity contribution in [1.82, 2.24) is 26.7 Å². The first kappa shape index (κ1) is 48.9. The number of esters is 2. The van der Waals surface area contributed by atoms with Crippen molar-refractivity contribution in [2.45, 2.75) is 117 Å². The molecule has 0 aliphatic carbocycles. The Kier molecular flexibility index (Phi) is 20.3. The number of alkyl carbamates (subject to hydrolysis) is 1. The van der Waals surface area contributed by atoms with Gasteiger partial charge in [-0.1, -0.05) is 93.8 Å². The number of amides is 4. The van der Waals surface area contributed by atoms with E-state index in [1.54, 1.807) is 108 Å². The summed E-state index contributed by atoms with van der Waals surface area (Å²) in [6.07, 6.45) is -1.35. The van der Waals surface area contributed by atoms with Crippen molar-refractivity contribution in [1.29, 1.82) is 0 Å². The predicted octanol–water partition coefficient (Wildman–Crippen LogP) is 2.79. The quantitative estimate of drug-likeness (QED) is 0.0190. The van der Waals surface area contributed by atoms with Gasteiger partial charge in [0, 0.05) is 13.0 Å². The summed E-state index contributed by atoms with van der Waals surface area (Å²) in [6, 6.07) is 12.7. The molecule has 0 saturated heterocycles. The smallest absolute Gasteiger partial charge is 0.408 e. The number of aliphatic imine (C=N–C) groups is 1. The Morgan fingerprint density at radius 1 is 0.729 bits per heavy atom. The number of nitrogens with one attached hydrogen (secondary N) is 5. The highest BCUT2D eigenvalue weighted by Gasteiger charge is 2.34. The Labute approximate surface area is 344 Å². The van der Waals surface area contributed by atoms with Gasteiger partial charge in [-0.2, -0.15) is 0 Å². The normalized spacial score (nSPS) is 13.5. The molecule has 19 nitrogen and oxygen atoms in total. The lowest BCUT2D eigenvalue weighted by Gasteiger charge is -2.29. The van der Waals surface area contributed by atoms with Gasteiger partial charge in [0.05, 0.1) is 0 Å². The lowest BCUT2D eigenvalue weighted by Crippen LogP contribution is -2.60. The van der Waals surface area contributed by atoms with Crippen molar-refractivity contribution >= 4 is 41.7 Å². The molecule has 4 amide bonds. The summed E-state index contributed by atoms with van der Waals surface area (Å²) in [6.45, 7) is 11.6. The molecule has 0 aliphatic heterocycles. The fourth-order valence-electron chi connectivity index (χ4n) is 5.32. The maximum absolute atomic E-state index is 14.0. The SMILES string of the molecule is CC(C)[C@H](NC(=O)OC(C)(C)C)C(=O)N[C@H](C(=O)N[C@@H](CCC(=O)OCc1ccccc1)C(=O)N[C@@H](CCCN=C(N)N[N+](=O)[O-])C(=O)OCc1ccccc1)C(C)C. The number of hydrazine groups is 1. The number of nitro groups is 1. The van der Waals surface area contributed by atoms with Crippen LogP contribution in [-0.4, -0.2) is 83.1 Å². The Balaban J connectivity index is 2.34. The van der Waals surface area contributed by atoms with E-state index in [-0.39, 0.29) is 45.4 Å². The van der Waals surface area contributed by atoms with E-state index in [0.717, 1.165) is 5.56 Å². The molecule has 0 spiro atoms. The third kappa shape index (κ3) is 19.6. The van der Waals surface area contributed by atoms with E-state index in [1.807, 2.05) is 6.07 Å². The average Bonchev–Trinajstić information content (AvgIpc) is 3.16. The molecule has 4 atom stereocenters. The number of ether oxygens (including phenoxy) is 3. The maximum atomic E-state index is 14.0. The molecule has 59 heavy (non-hydrogen) atoms. The van der Waals surface area contributed by atoms with E-state index in [9.17, 15) is 38.9 Å². The summed E-state index contributed by atoms with van der Waals surface area (Å²) in [5.41, 5.74) is 7.79. The van der Waals surface area contributed by atoms with Crippen LogP contribution in [0.15, 0.2) is 65.7 Å². The first-order chi connectivity index (χ1) is 27.7. The zero-order chi connectivity index (χ0) is 44.1. The molecule has 2 aromatic rings. The van der Waals surface area contributed by atoms with Crippen LogP contribution in [0.25, 0.3) is 0 Å². The van der Waals surface area contributed by atoms with Gasteiger partial charge in [-0.3, -0.25) is 19.2 Å². The third-order valence-corrected chi connectivity index (χ3v) is 8.34. The van der Waals surface area contributed by atoms with Crippen LogP contribution in [0.3, 0.4) is 0 Å². The van der Waals surface area contributed by atoms with E-state index in [1.165, 1.54) is 0 Å². The summed E-state index contributed by atoms with van der Waals surface area (Å²) in [5.74, 6) is -5.19. The molecule has 0 fully saturated rings. The highest BCUT2D eigenvalue weighted by Crippen LogP contribution is 2.13. The van der Waals surface area contributed by atoms with E-state index in [4.69, 9.17) is 19.9 Å². The summed E-state index contributed by atoms with van der Waals surface area (Å²) in [7, 11) is 0. The maximum Gasteiger partial charge on any atom is 0.408 e. The largest absolute Gasteiger partial charge is 0.461 e. The van der Waals surface area contributed by atoms with Crippen molar-refractivity contribution in [3.63, 3.8) is 0 Å². The Morgan fingerprint density at radius 3 is 1.76 bits per heavy atom. The third-order valence-electron chi connectivity index (χ3n) is 8.34. The molecule has 0 bridgehead atoms. The molecule has 0 heterocycles. The van der Waals surface area contributed by atoms with Gasteiger partial charge in [0.1, 0.15) is 43.0 Å². The van der Waals surface area contributed by atoms with Crippen LogP contribution in [0.4, 0.5) is 4.79 Å². The number of guanidine groups is 1. The summed E-state index contributed by atoms with van der Waals surface area (Å²) in [4.78, 5) is 94.8. The zero-order valence-electron chi connectivity index (χ0n) is 34.6. The van der Waals surface area contributed by atoms with Crippen LogP contribution in [0, 0.1) is 22.0 Å².